The quantitative estimate of drug-likeness (QED) is 0.346. The topological polar surface area (TPSA) is 105 Å². The molecule has 0 radical (unpaired) electrons. The van der Waals surface area contributed by atoms with Crippen LogP contribution < -0.4 is 11.2 Å². The second-order valence-electron chi connectivity index (χ2n) is 1.62. The SMILES string of the molecule is NOC(=O)NCC(O)CO. The Balaban J connectivity index is 3.26. The zero-order chi connectivity index (χ0) is 7.98. The van der Waals surface area contributed by atoms with E-state index in [1.54, 1.807) is 0 Å². The summed E-state index contributed by atoms with van der Waals surface area (Å²) >= 11 is 0. The number of aliphatic hydroxyl groups excluding tert-OH is 2. The molecule has 10 heavy (non-hydrogen) atoms. The van der Waals surface area contributed by atoms with Crippen molar-refractivity contribution in [1.29, 1.82) is 0 Å². The van der Waals surface area contributed by atoms with Crippen LogP contribution in [0.2, 0.25) is 0 Å². The predicted octanol–water partition coefficient (Wildman–Crippen LogP) is -2.06. The van der Waals surface area contributed by atoms with E-state index in [0.29, 0.717) is 0 Å². The molecule has 0 saturated carbocycles. The van der Waals surface area contributed by atoms with E-state index in [0.717, 1.165) is 0 Å². The lowest BCUT2D eigenvalue weighted by atomic mass is 10.4. The van der Waals surface area contributed by atoms with E-state index < -0.39 is 18.8 Å². The number of nitrogens with one attached hydrogen (secondary N) is 1. The Morgan fingerprint density at radius 1 is 1.80 bits per heavy atom. The summed E-state index contributed by atoms with van der Waals surface area (Å²) in [5, 5.41) is 19.0. The van der Waals surface area contributed by atoms with Crippen LogP contribution in [-0.2, 0) is 4.84 Å². The molecule has 0 bridgehead atoms. The number of rotatable bonds is 3. The van der Waals surface area contributed by atoms with Crippen LogP contribution in [0.1, 0.15) is 0 Å². The van der Waals surface area contributed by atoms with Gasteiger partial charge in [-0.2, -0.15) is 5.90 Å². The minimum Gasteiger partial charge on any atom is -0.394 e. The monoisotopic (exact) mass is 150 g/mol. The van der Waals surface area contributed by atoms with Gasteiger partial charge in [0.1, 0.15) is 0 Å². The van der Waals surface area contributed by atoms with Gasteiger partial charge in [-0.25, -0.2) is 4.79 Å². The van der Waals surface area contributed by atoms with Crippen molar-refractivity contribution in [2.45, 2.75) is 6.10 Å². The molecule has 0 heterocycles. The molecule has 0 aliphatic carbocycles. The smallest absolute Gasteiger partial charge is 0.394 e. The van der Waals surface area contributed by atoms with Gasteiger partial charge in [-0.15, -0.1) is 0 Å². The Morgan fingerprint density at radius 3 is 2.80 bits per heavy atom. The van der Waals surface area contributed by atoms with Crippen molar-refractivity contribution in [3.63, 3.8) is 0 Å². The van der Waals surface area contributed by atoms with Crippen molar-refractivity contribution in [3.8, 4) is 0 Å². The fourth-order valence-corrected chi connectivity index (χ4v) is 0.307. The van der Waals surface area contributed by atoms with Crippen molar-refractivity contribution in [2.75, 3.05) is 13.2 Å². The molecule has 60 valence electrons. The molecule has 1 amide bonds. The number of hydrogen-bond donors (Lipinski definition) is 4. The molecule has 0 aromatic heterocycles. The Morgan fingerprint density at radius 2 is 2.40 bits per heavy atom. The lowest BCUT2D eigenvalue weighted by Crippen LogP contribution is -2.35. The van der Waals surface area contributed by atoms with E-state index in [1.807, 2.05) is 0 Å². The third-order valence-electron chi connectivity index (χ3n) is 0.800. The van der Waals surface area contributed by atoms with Crippen LogP contribution in [0, 0.1) is 0 Å². The van der Waals surface area contributed by atoms with Gasteiger partial charge in [-0.05, 0) is 0 Å². The summed E-state index contributed by atoms with van der Waals surface area (Å²) in [7, 11) is 0. The molecule has 1 unspecified atom stereocenters. The third kappa shape index (κ3) is 4.07. The van der Waals surface area contributed by atoms with Crippen molar-refractivity contribution < 1.29 is 19.8 Å². The number of nitrogens with two attached hydrogens (primary N) is 1. The first kappa shape index (κ1) is 9.15. The second-order valence-corrected chi connectivity index (χ2v) is 1.62. The van der Waals surface area contributed by atoms with Crippen molar-refractivity contribution >= 4 is 6.09 Å². The summed E-state index contributed by atoms with van der Waals surface area (Å²) in [5.41, 5.74) is 0. The maximum atomic E-state index is 10.2. The number of carbonyl (C=O) groups is 1. The van der Waals surface area contributed by atoms with Gasteiger partial charge in [0, 0.05) is 6.54 Å². The van der Waals surface area contributed by atoms with Gasteiger partial charge in [0.2, 0.25) is 0 Å². The van der Waals surface area contributed by atoms with Gasteiger partial charge in [0.15, 0.2) is 0 Å². The number of amides is 1. The molecule has 0 aliphatic heterocycles. The lowest BCUT2D eigenvalue weighted by Gasteiger charge is -2.06. The van der Waals surface area contributed by atoms with Crippen LogP contribution in [-0.4, -0.2) is 35.6 Å². The van der Waals surface area contributed by atoms with Gasteiger partial charge < -0.3 is 20.4 Å². The average Bonchev–Trinajstić information content (AvgIpc) is 1.99. The summed E-state index contributed by atoms with van der Waals surface area (Å²) in [6, 6.07) is 0. The molecule has 0 aromatic rings. The summed E-state index contributed by atoms with van der Waals surface area (Å²) in [6.45, 7) is -0.489. The minimum atomic E-state index is -0.973. The zero-order valence-electron chi connectivity index (χ0n) is 5.28. The third-order valence-corrected chi connectivity index (χ3v) is 0.800. The van der Waals surface area contributed by atoms with Gasteiger partial charge in [-0.3, -0.25) is 0 Å². The molecule has 1 atom stereocenters. The Kier molecular flexibility index (Phi) is 4.55. The van der Waals surface area contributed by atoms with Crippen LogP contribution >= 0.6 is 0 Å². The first-order valence-electron chi connectivity index (χ1n) is 2.64. The van der Waals surface area contributed by atoms with Crippen molar-refractivity contribution in [3.05, 3.63) is 0 Å². The molecule has 6 nitrogen and oxygen atoms in total. The van der Waals surface area contributed by atoms with Crippen LogP contribution in [0.5, 0.6) is 0 Å². The standard InChI is InChI=1S/C4H10N2O4/c5-10-4(9)6-1-3(8)2-7/h3,7-8H,1-2,5H2,(H,6,9). The predicted molar refractivity (Wildman–Crippen MR) is 31.8 cm³/mol. The Labute approximate surface area is 57.5 Å². The fraction of sp³-hybridized carbons (Fsp3) is 0.750. The molecule has 0 saturated heterocycles. The highest BCUT2D eigenvalue weighted by Crippen LogP contribution is 1.76. The second kappa shape index (κ2) is 4.98. The molecule has 0 fully saturated rings. The van der Waals surface area contributed by atoms with E-state index in [4.69, 9.17) is 10.2 Å². The van der Waals surface area contributed by atoms with Crippen LogP contribution in [0.15, 0.2) is 0 Å². The first-order valence-corrected chi connectivity index (χ1v) is 2.64. The van der Waals surface area contributed by atoms with E-state index in [9.17, 15) is 4.79 Å². The first-order chi connectivity index (χ1) is 4.70. The molecule has 0 spiro atoms. The van der Waals surface area contributed by atoms with E-state index in [1.165, 1.54) is 0 Å². The largest absolute Gasteiger partial charge is 0.425 e. The van der Waals surface area contributed by atoms with Gasteiger partial charge in [0.25, 0.3) is 0 Å². The van der Waals surface area contributed by atoms with E-state index >= 15 is 0 Å². The molecule has 5 N–H and O–H groups in total. The summed E-state index contributed by atoms with van der Waals surface area (Å²) in [4.78, 5) is 13.9. The minimum absolute atomic E-state index is 0.0769. The summed E-state index contributed by atoms with van der Waals surface area (Å²) < 4.78 is 0. The van der Waals surface area contributed by atoms with Crippen molar-refractivity contribution in [2.24, 2.45) is 5.90 Å². The van der Waals surface area contributed by atoms with Crippen LogP contribution in [0.25, 0.3) is 0 Å². The number of hydrogen-bond acceptors (Lipinski definition) is 5. The van der Waals surface area contributed by atoms with Crippen molar-refractivity contribution in [1.82, 2.24) is 5.32 Å². The Hall–Kier alpha value is -0.850. The molecule has 0 rings (SSSR count). The van der Waals surface area contributed by atoms with Gasteiger partial charge >= 0.3 is 6.09 Å². The maximum Gasteiger partial charge on any atom is 0.425 e. The lowest BCUT2D eigenvalue weighted by molar-refractivity contribution is 0.0887. The molecular weight excluding hydrogens is 140 g/mol. The molecule has 6 heteroatoms. The highest BCUT2D eigenvalue weighted by Gasteiger charge is 2.04. The number of carbonyl (C=O) groups excluding carboxylic acids is 1. The van der Waals surface area contributed by atoms with Crippen LogP contribution in [0.4, 0.5) is 4.79 Å². The molecule has 0 aromatic carbocycles. The highest BCUT2D eigenvalue weighted by molar-refractivity contribution is 5.66. The fourth-order valence-electron chi connectivity index (χ4n) is 0.307. The van der Waals surface area contributed by atoms with Gasteiger partial charge in [-0.1, -0.05) is 0 Å². The molecular formula is C4H10N2O4. The Bertz CT molecular complexity index is 107. The van der Waals surface area contributed by atoms with E-state index in [-0.39, 0.29) is 6.54 Å². The summed E-state index contributed by atoms with van der Waals surface area (Å²) in [6.07, 6.45) is -1.81. The van der Waals surface area contributed by atoms with Gasteiger partial charge in [0.05, 0.1) is 12.7 Å². The van der Waals surface area contributed by atoms with E-state index in [2.05, 4.69) is 16.1 Å². The van der Waals surface area contributed by atoms with Crippen LogP contribution in [0.3, 0.4) is 0 Å². The molecule has 0 aliphatic rings. The zero-order valence-corrected chi connectivity index (χ0v) is 5.28. The normalized spacial score (nSPS) is 12.3. The highest BCUT2D eigenvalue weighted by atomic mass is 16.7. The maximum absolute atomic E-state index is 10.2. The summed E-state index contributed by atoms with van der Waals surface area (Å²) in [5.74, 6) is 4.44. The average molecular weight is 150 g/mol. The number of aliphatic hydroxyl groups is 2.